The van der Waals surface area contributed by atoms with Crippen LogP contribution in [0, 0.1) is 23.3 Å². The minimum Gasteiger partial charge on any atom is -0.378 e. The molecular weight excluding hydrogens is 669 g/mol. The molecule has 0 saturated carbocycles. The Balaban J connectivity index is 1.40. The molecule has 3 amide bonds. The molecule has 50 heavy (non-hydrogen) atoms. The molecule has 0 bridgehead atoms. The van der Waals surface area contributed by atoms with Crippen molar-refractivity contribution in [2.75, 3.05) is 29.6 Å². The lowest BCUT2D eigenvalue weighted by Crippen LogP contribution is -2.30. The number of halogens is 4. The molecule has 7 nitrogen and oxygen atoms in total. The quantitative estimate of drug-likeness (QED) is 0.0561. The molecule has 1 atom stereocenters. The number of anilines is 3. The molecule has 0 heterocycles. The van der Waals surface area contributed by atoms with Crippen molar-refractivity contribution in [3.8, 4) is 0 Å². The van der Waals surface area contributed by atoms with E-state index in [9.17, 15) is 31.9 Å². The van der Waals surface area contributed by atoms with Crippen LogP contribution in [-0.2, 0) is 9.59 Å². The van der Waals surface area contributed by atoms with Crippen LogP contribution in [0.5, 0.6) is 0 Å². The summed E-state index contributed by atoms with van der Waals surface area (Å²) < 4.78 is 56.6. The second kappa shape index (κ2) is 16.0. The van der Waals surface area contributed by atoms with E-state index < -0.39 is 51.9 Å². The maximum absolute atomic E-state index is 14.4. The van der Waals surface area contributed by atoms with Crippen molar-refractivity contribution >= 4 is 52.6 Å². The van der Waals surface area contributed by atoms with E-state index >= 15 is 0 Å². The molecule has 254 valence electrons. The number of hydrogen-bond donors (Lipinski definition) is 3. The molecule has 5 aromatic rings. The summed E-state index contributed by atoms with van der Waals surface area (Å²) in [5.41, 5.74) is 1.39. The molecular formula is C38H30F4N4O3S. The molecule has 0 aliphatic heterocycles. The third kappa shape index (κ3) is 8.77. The molecule has 1 unspecified atom stereocenters. The van der Waals surface area contributed by atoms with E-state index in [1.54, 1.807) is 97.1 Å². The van der Waals surface area contributed by atoms with Gasteiger partial charge >= 0.3 is 0 Å². The highest BCUT2D eigenvalue weighted by Crippen LogP contribution is 2.38. The van der Waals surface area contributed by atoms with Gasteiger partial charge in [0, 0.05) is 42.0 Å². The number of nitrogens with one attached hydrogen (secondary N) is 3. The van der Waals surface area contributed by atoms with E-state index in [2.05, 4.69) is 10.6 Å². The minimum atomic E-state index is -1.74. The standard InChI is InChI=1S/C38H30F4N4O3S/c1-46(2)27-18-16-23(17-19-27)20-31(44-36(47)25-12-7-4-8-13-25)37(48)43-26-14-9-15-28(21-26)50-35(24-10-5-3-6-11-24)38(49)45-34-32(41)29(39)22-30(40)33(34)42/h3-22,35H,1-2H3,(H,43,48)(H,44,47)(H,45,49)/b31-20+. The van der Waals surface area contributed by atoms with Crippen molar-refractivity contribution in [3.05, 3.63) is 161 Å². The smallest absolute Gasteiger partial charge is 0.272 e. The summed E-state index contributed by atoms with van der Waals surface area (Å²) in [5, 5.41) is 6.32. The summed E-state index contributed by atoms with van der Waals surface area (Å²) in [6, 6.07) is 30.5. The predicted octanol–water partition coefficient (Wildman–Crippen LogP) is 8.19. The molecule has 0 aromatic heterocycles. The fourth-order valence-corrected chi connectivity index (χ4v) is 5.82. The Kier molecular flexibility index (Phi) is 11.3. The molecule has 3 N–H and O–H groups in total. The van der Waals surface area contributed by atoms with Crippen LogP contribution in [0.25, 0.3) is 6.08 Å². The van der Waals surface area contributed by atoms with Gasteiger partial charge in [-0.05, 0) is 59.7 Å². The topological polar surface area (TPSA) is 90.5 Å². The van der Waals surface area contributed by atoms with Gasteiger partial charge in [-0.25, -0.2) is 17.6 Å². The first-order valence-electron chi connectivity index (χ1n) is 15.1. The van der Waals surface area contributed by atoms with E-state index in [0.29, 0.717) is 27.3 Å². The number of carbonyl (C=O) groups is 3. The average molecular weight is 699 g/mol. The molecule has 0 aliphatic carbocycles. The van der Waals surface area contributed by atoms with Crippen molar-refractivity contribution in [1.82, 2.24) is 5.32 Å². The molecule has 12 heteroatoms. The predicted molar refractivity (Wildman–Crippen MR) is 188 cm³/mol. The molecule has 0 spiro atoms. The summed E-state index contributed by atoms with van der Waals surface area (Å²) in [7, 11) is 3.80. The number of rotatable bonds is 11. The van der Waals surface area contributed by atoms with E-state index in [0.717, 1.165) is 17.4 Å². The lowest BCUT2D eigenvalue weighted by Gasteiger charge is -2.18. The maximum atomic E-state index is 14.4. The Bertz CT molecular complexity index is 2020. The van der Waals surface area contributed by atoms with E-state index in [1.165, 1.54) is 6.08 Å². The highest BCUT2D eigenvalue weighted by molar-refractivity contribution is 8.00. The summed E-state index contributed by atoms with van der Waals surface area (Å²) in [5.74, 6) is -8.89. The van der Waals surface area contributed by atoms with Gasteiger partial charge in [0.15, 0.2) is 23.3 Å². The molecule has 0 saturated heterocycles. The largest absolute Gasteiger partial charge is 0.378 e. The van der Waals surface area contributed by atoms with Crippen LogP contribution in [-0.4, -0.2) is 31.8 Å². The van der Waals surface area contributed by atoms with Gasteiger partial charge in [0.25, 0.3) is 11.8 Å². The second-order valence-electron chi connectivity index (χ2n) is 11.1. The molecule has 5 aromatic carbocycles. The Morgan fingerprint density at radius 1 is 0.720 bits per heavy atom. The van der Waals surface area contributed by atoms with Gasteiger partial charge in [0.2, 0.25) is 5.91 Å². The van der Waals surface area contributed by atoms with Crippen LogP contribution in [0.4, 0.5) is 34.6 Å². The van der Waals surface area contributed by atoms with Crippen LogP contribution in [0.2, 0.25) is 0 Å². The van der Waals surface area contributed by atoms with Crippen LogP contribution < -0.4 is 20.9 Å². The number of hydrogen-bond acceptors (Lipinski definition) is 5. The van der Waals surface area contributed by atoms with Gasteiger partial charge in [0.1, 0.15) is 16.6 Å². The zero-order chi connectivity index (χ0) is 35.8. The van der Waals surface area contributed by atoms with Crippen molar-refractivity contribution in [2.24, 2.45) is 0 Å². The van der Waals surface area contributed by atoms with Crippen LogP contribution >= 0.6 is 11.8 Å². The first kappa shape index (κ1) is 35.4. The minimum absolute atomic E-state index is 0.0394. The van der Waals surface area contributed by atoms with Gasteiger partial charge < -0.3 is 20.9 Å². The average Bonchev–Trinajstić information content (AvgIpc) is 3.12. The number of amides is 3. The monoisotopic (exact) mass is 698 g/mol. The van der Waals surface area contributed by atoms with Crippen molar-refractivity contribution in [1.29, 1.82) is 0 Å². The SMILES string of the molecule is CN(C)c1ccc(/C=C(/NC(=O)c2ccccc2)C(=O)Nc2cccc(SC(C(=O)Nc3c(F)c(F)cc(F)c3F)c3ccccc3)c2)cc1. The number of thioether (sulfide) groups is 1. The molecule has 0 aliphatic rings. The van der Waals surface area contributed by atoms with Crippen molar-refractivity contribution in [3.63, 3.8) is 0 Å². The Labute approximate surface area is 290 Å². The van der Waals surface area contributed by atoms with Gasteiger partial charge in [-0.15, -0.1) is 11.8 Å². The fraction of sp³-hybridized carbons (Fsp3) is 0.0789. The Hall–Kier alpha value is -5.88. The zero-order valence-electron chi connectivity index (χ0n) is 26.7. The van der Waals surface area contributed by atoms with Crippen LogP contribution in [0.15, 0.2) is 126 Å². The normalized spacial score (nSPS) is 11.8. The molecule has 0 fully saturated rings. The van der Waals surface area contributed by atoms with Gasteiger partial charge in [-0.2, -0.15) is 0 Å². The first-order valence-corrected chi connectivity index (χ1v) is 16.0. The molecule has 5 rings (SSSR count). The molecule has 0 radical (unpaired) electrons. The van der Waals surface area contributed by atoms with Crippen molar-refractivity contribution in [2.45, 2.75) is 10.1 Å². The highest BCUT2D eigenvalue weighted by atomic mass is 32.2. The third-order valence-corrected chi connectivity index (χ3v) is 8.54. The Morgan fingerprint density at radius 3 is 1.96 bits per heavy atom. The summed E-state index contributed by atoms with van der Waals surface area (Å²) in [6.07, 6.45) is 1.54. The van der Waals surface area contributed by atoms with Gasteiger partial charge in [-0.3, -0.25) is 14.4 Å². The summed E-state index contributed by atoms with van der Waals surface area (Å²) in [4.78, 5) is 42.5. The van der Waals surface area contributed by atoms with E-state index in [-0.39, 0.29) is 11.8 Å². The lowest BCUT2D eigenvalue weighted by atomic mass is 10.1. The summed E-state index contributed by atoms with van der Waals surface area (Å²) in [6.45, 7) is 0. The van der Waals surface area contributed by atoms with Gasteiger partial charge in [0.05, 0.1) is 0 Å². The second-order valence-corrected chi connectivity index (χ2v) is 12.3. The van der Waals surface area contributed by atoms with E-state index in [4.69, 9.17) is 0 Å². The number of carbonyl (C=O) groups excluding carboxylic acids is 3. The zero-order valence-corrected chi connectivity index (χ0v) is 27.5. The lowest BCUT2D eigenvalue weighted by molar-refractivity contribution is -0.116. The van der Waals surface area contributed by atoms with Crippen LogP contribution in [0.1, 0.15) is 26.7 Å². The number of benzene rings is 5. The highest BCUT2D eigenvalue weighted by Gasteiger charge is 2.27. The Morgan fingerprint density at radius 2 is 1.34 bits per heavy atom. The third-order valence-electron chi connectivity index (χ3n) is 7.30. The van der Waals surface area contributed by atoms with E-state index in [1.807, 2.05) is 36.4 Å². The van der Waals surface area contributed by atoms with Crippen molar-refractivity contribution < 1.29 is 31.9 Å². The maximum Gasteiger partial charge on any atom is 0.272 e. The summed E-state index contributed by atoms with van der Waals surface area (Å²) >= 11 is 0.969. The van der Waals surface area contributed by atoms with Gasteiger partial charge in [-0.1, -0.05) is 66.7 Å². The number of nitrogens with zero attached hydrogens (tertiary/aromatic N) is 1. The first-order chi connectivity index (χ1) is 24.0. The fourth-order valence-electron chi connectivity index (χ4n) is 4.73. The van der Waals surface area contributed by atoms with Crippen LogP contribution in [0.3, 0.4) is 0 Å².